The van der Waals surface area contributed by atoms with Crippen molar-refractivity contribution >= 4 is 36.7 Å². The molecule has 1 unspecified atom stereocenters. The predicted octanol–water partition coefficient (Wildman–Crippen LogP) is 8.61. The minimum atomic E-state index is -4.48. The average molecular weight is 1090 g/mol. The Hall–Kier alpha value is -6.48. The van der Waals surface area contributed by atoms with Crippen LogP contribution in [0.2, 0.25) is 0 Å². The van der Waals surface area contributed by atoms with Gasteiger partial charge in [0.2, 0.25) is 11.9 Å². The Balaban J connectivity index is 1.26. The third kappa shape index (κ3) is 12.4. The molecule has 0 saturated carbocycles. The van der Waals surface area contributed by atoms with Crippen LogP contribution in [-0.2, 0) is 43.0 Å². The van der Waals surface area contributed by atoms with Gasteiger partial charge in [-0.2, -0.15) is 4.98 Å². The summed E-state index contributed by atoms with van der Waals surface area (Å²) < 4.78 is 77.1. The molecule has 2 aliphatic heterocycles. The number of carbonyl (C=O) groups is 2. The van der Waals surface area contributed by atoms with Crippen LogP contribution in [0.5, 0.6) is 17.2 Å². The summed E-state index contributed by atoms with van der Waals surface area (Å²) in [5.74, 6) is 0.802. The Kier molecular flexibility index (Phi) is 18.9. The standard InChI is InChI=1S/C57H72N7O13P/c1-36(2)52(65)60-56-59-51-48(53(66)61-56)58-35-63(51)55-50(73-32-31-69-7)49(77-78(68,64(37(3)4)38(5)6)75-33-43-17-14-30-62(43)54(67)39-18-24-44(70-8)25-19-39)47(76-55)34-74-57(40-15-12-11-13-16-40,41-20-26-45(71-9)27-21-41)42-22-28-46(72-10)29-23-42/h11-13,15-16,18-29,35-38,43,47,49-50,55H,14,17,30-34H2,1-10H3,(H2,59,60,61,65,66)/t43-,47-,49-,50-,55-,78?/m1/s1. The number of anilines is 1. The molecule has 0 aliphatic carbocycles. The molecular weight excluding hydrogens is 1020 g/mol. The quantitative estimate of drug-likeness (QED) is 0.0312. The van der Waals surface area contributed by atoms with Crippen LogP contribution < -0.4 is 25.1 Å². The van der Waals surface area contributed by atoms with E-state index in [1.807, 2.05) is 107 Å². The number of rotatable bonds is 25. The SMILES string of the molecule is COCCO[C@@H]1[C@H](OP(=O)(OC[C@H]2CCCN2C(=O)c2ccc(OC)cc2)N(C(C)C)C(C)C)[C@@H](COC(c2ccccc2)(c2ccc(OC)cc2)c2ccc(OC)cc2)O[C@H]1n1cnc2c(=O)[nH]c(NC(=O)C(C)C)nc21. The fraction of sp³-hybridized carbons (Fsp3) is 0.456. The number of fused-ring (bicyclic) bond motifs is 1. The number of hydrogen-bond donors (Lipinski definition) is 2. The first kappa shape index (κ1) is 57.7. The molecule has 4 aromatic carbocycles. The minimum absolute atomic E-state index is 0.0180. The van der Waals surface area contributed by atoms with Crippen molar-refractivity contribution < 1.29 is 56.4 Å². The number of benzene rings is 4. The molecule has 78 heavy (non-hydrogen) atoms. The Bertz CT molecular complexity index is 2990. The summed E-state index contributed by atoms with van der Waals surface area (Å²) in [6.07, 6.45) is -2.02. The van der Waals surface area contributed by atoms with E-state index in [-0.39, 0.29) is 67.4 Å². The number of hydrogen-bond acceptors (Lipinski definition) is 15. The summed E-state index contributed by atoms with van der Waals surface area (Å²) in [6, 6.07) is 30.6. The van der Waals surface area contributed by atoms with Gasteiger partial charge >= 0.3 is 7.75 Å². The lowest BCUT2D eigenvalue weighted by atomic mass is 9.80. The average Bonchev–Trinajstić information content (AvgIpc) is 4.25. The molecular formula is C57H72N7O13P. The highest BCUT2D eigenvalue weighted by molar-refractivity contribution is 7.51. The molecule has 6 aromatic rings. The molecule has 0 radical (unpaired) electrons. The Labute approximate surface area is 455 Å². The number of ether oxygens (including phenoxy) is 7. The first-order valence-corrected chi connectivity index (χ1v) is 27.7. The van der Waals surface area contributed by atoms with Gasteiger partial charge in [-0.3, -0.25) is 38.3 Å². The van der Waals surface area contributed by atoms with E-state index in [0.717, 1.165) is 16.7 Å². The van der Waals surface area contributed by atoms with Crippen molar-refractivity contribution in [1.29, 1.82) is 0 Å². The molecule has 8 rings (SSSR count). The first-order valence-electron chi connectivity index (χ1n) is 26.2. The van der Waals surface area contributed by atoms with Gasteiger partial charge in [0.25, 0.3) is 11.5 Å². The number of aromatic amines is 1. The second-order valence-corrected chi connectivity index (χ2v) is 21.9. The van der Waals surface area contributed by atoms with Crippen molar-refractivity contribution in [2.45, 2.75) is 103 Å². The van der Waals surface area contributed by atoms with Crippen LogP contribution in [0, 0.1) is 5.92 Å². The highest BCUT2D eigenvalue weighted by Crippen LogP contribution is 2.58. The van der Waals surface area contributed by atoms with Crippen molar-refractivity contribution in [1.82, 2.24) is 29.1 Å². The number of amides is 2. The summed E-state index contributed by atoms with van der Waals surface area (Å²) in [6.45, 7) is 11.3. The van der Waals surface area contributed by atoms with Crippen LogP contribution in [0.3, 0.4) is 0 Å². The van der Waals surface area contributed by atoms with E-state index < -0.39 is 55.4 Å². The van der Waals surface area contributed by atoms with Gasteiger partial charge in [0, 0.05) is 37.2 Å². The van der Waals surface area contributed by atoms with Gasteiger partial charge in [0.05, 0.1) is 60.1 Å². The third-order valence-electron chi connectivity index (χ3n) is 14.0. The number of H-pyrrole nitrogens is 1. The van der Waals surface area contributed by atoms with Gasteiger partial charge in [0.15, 0.2) is 17.4 Å². The maximum Gasteiger partial charge on any atom is 0.409 e. The zero-order chi connectivity index (χ0) is 55.7. The normalized spacial score (nSPS) is 19.5. The molecule has 418 valence electrons. The Morgan fingerprint density at radius 1 is 0.795 bits per heavy atom. The number of imidazole rings is 1. The lowest BCUT2D eigenvalue weighted by molar-refractivity contribution is -0.118. The smallest absolute Gasteiger partial charge is 0.409 e. The van der Waals surface area contributed by atoms with Crippen LogP contribution in [0.25, 0.3) is 11.2 Å². The number of carbonyl (C=O) groups excluding carboxylic acids is 2. The first-order chi connectivity index (χ1) is 37.5. The van der Waals surface area contributed by atoms with Crippen molar-refractivity contribution in [2.75, 3.05) is 66.7 Å². The van der Waals surface area contributed by atoms with E-state index in [1.54, 1.807) is 76.1 Å². The van der Waals surface area contributed by atoms with Gasteiger partial charge in [-0.05, 0) is 106 Å². The van der Waals surface area contributed by atoms with Crippen LogP contribution >= 0.6 is 7.75 Å². The fourth-order valence-corrected chi connectivity index (χ4v) is 12.5. The second kappa shape index (κ2) is 25.5. The van der Waals surface area contributed by atoms with E-state index in [4.69, 9.17) is 42.2 Å². The van der Waals surface area contributed by atoms with Crippen molar-refractivity contribution in [3.8, 4) is 17.2 Å². The number of nitrogens with one attached hydrogen (secondary N) is 2. The lowest BCUT2D eigenvalue weighted by Crippen LogP contribution is -2.45. The molecule has 4 heterocycles. The van der Waals surface area contributed by atoms with E-state index >= 15 is 4.57 Å². The summed E-state index contributed by atoms with van der Waals surface area (Å²) in [4.78, 5) is 54.3. The summed E-state index contributed by atoms with van der Waals surface area (Å²) in [5, 5.41) is 2.69. The van der Waals surface area contributed by atoms with Crippen molar-refractivity contribution in [3.63, 3.8) is 0 Å². The van der Waals surface area contributed by atoms with Gasteiger partial charge in [-0.25, -0.2) is 14.2 Å². The number of aromatic nitrogens is 4. The Morgan fingerprint density at radius 3 is 1.95 bits per heavy atom. The van der Waals surface area contributed by atoms with Gasteiger partial charge in [-0.1, -0.05) is 68.4 Å². The zero-order valence-corrected chi connectivity index (χ0v) is 46.8. The van der Waals surface area contributed by atoms with E-state index in [9.17, 15) is 14.4 Å². The highest BCUT2D eigenvalue weighted by Gasteiger charge is 2.54. The van der Waals surface area contributed by atoms with Crippen LogP contribution in [0.15, 0.2) is 114 Å². The molecule has 2 N–H and O–H groups in total. The van der Waals surface area contributed by atoms with Crippen molar-refractivity contribution in [2.24, 2.45) is 5.92 Å². The van der Waals surface area contributed by atoms with E-state index in [1.165, 1.54) is 10.9 Å². The van der Waals surface area contributed by atoms with Crippen LogP contribution in [0.4, 0.5) is 5.95 Å². The second-order valence-electron chi connectivity index (χ2n) is 20.0. The van der Waals surface area contributed by atoms with Crippen LogP contribution in [0.1, 0.15) is 87.7 Å². The molecule has 21 heteroatoms. The third-order valence-corrected chi connectivity index (χ3v) is 16.5. The molecule has 0 bridgehead atoms. The molecule has 2 aromatic heterocycles. The van der Waals surface area contributed by atoms with Crippen molar-refractivity contribution in [3.05, 3.63) is 142 Å². The van der Waals surface area contributed by atoms with Crippen LogP contribution in [-0.4, -0.2) is 139 Å². The minimum Gasteiger partial charge on any atom is -0.497 e. The maximum absolute atomic E-state index is 16.4. The monoisotopic (exact) mass is 1090 g/mol. The topological polar surface area (TPSA) is 216 Å². The maximum atomic E-state index is 16.4. The summed E-state index contributed by atoms with van der Waals surface area (Å²) in [7, 11) is 1.83. The molecule has 2 aliphatic rings. The lowest BCUT2D eigenvalue weighted by Gasteiger charge is -2.40. The predicted molar refractivity (Wildman–Crippen MR) is 293 cm³/mol. The summed E-state index contributed by atoms with van der Waals surface area (Å²) in [5.41, 5.74) is 0.798. The largest absolute Gasteiger partial charge is 0.497 e. The number of likely N-dealkylation sites (tertiary alicyclic amines) is 1. The molecule has 20 nitrogen and oxygen atoms in total. The molecule has 2 amide bonds. The molecule has 2 saturated heterocycles. The van der Waals surface area contributed by atoms with E-state index in [2.05, 4.69) is 20.3 Å². The van der Waals surface area contributed by atoms with Gasteiger partial charge < -0.3 is 38.1 Å². The van der Waals surface area contributed by atoms with Gasteiger partial charge in [-0.15, -0.1) is 0 Å². The van der Waals surface area contributed by atoms with E-state index in [0.29, 0.717) is 42.2 Å². The number of methoxy groups -OCH3 is 4. The molecule has 6 atom stereocenters. The highest BCUT2D eigenvalue weighted by atomic mass is 31.2. The molecule has 2 fully saturated rings. The Morgan fingerprint density at radius 2 is 1.38 bits per heavy atom. The fourth-order valence-electron chi connectivity index (χ4n) is 10.2. The van der Waals surface area contributed by atoms with Gasteiger partial charge in [0.1, 0.15) is 41.2 Å². The number of nitrogens with zero attached hydrogens (tertiary/aromatic N) is 5. The summed E-state index contributed by atoms with van der Waals surface area (Å²) >= 11 is 0. The molecule has 0 spiro atoms. The zero-order valence-electron chi connectivity index (χ0n) is 46.0.